The third kappa shape index (κ3) is 6.79. The zero-order chi connectivity index (χ0) is 25.2. The molecule has 2 atom stereocenters. The van der Waals surface area contributed by atoms with Crippen molar-refractivity contribution in [3.8, 4) is 0 Å². The maximum absolute atomic E-state index is 14.3. The molecule has 1 fully saturated rings. The summed E-state index contributed by atoms with van der Waals surface area (Å²) >= 11 is 1.18. The summed E-state index contributed by atoms with van der Waals surface area (Å²) in [6, 6.07) is 18.2. The number of pyridine rings is 2. The summed E-state index contributed by atoms with van der Waals surface area (Å²) in [5.74, 6) is 0.333. The van der Waals surface area contributed by atoms with Crippen LogP contribution in [0.4, 0.5) is 15.9 Å². The predicted octanol–water partition coefficient (Wildman–Crippen LogP) is 7.68. The molecule has 2 N–H and O–H groups in total. The molecule has 7 heteroatoms. The van der Waals surface area contributed by atoms with E-state index in [1.54, 1.807) is 24.7 Å². The number of nitrogens with zero attached hydrogens (tertiary/aromatic N) is 2. The Hall–Kier alpha value is -3.45. The van der Waals surface area contributed by atoms with Crippen LogP contribution in [0.2, 0.25) is 0 Å². The SMILES string of the molecule is CC.CC.O=C(Nc1ccc2cnccc2c1)C1CC1c1ccc(F)c(SNc2ccccn2)c1. The third-order valence-corrected chi connectivity index (χ3v) is 6.19. The second-order valence-electron chi connectivity index (χ2n) is 7.48. The van der Waals surface area contributed by atoms with E-state index in [0.717, 1.165) is 28.4 Å². The van der Waals surface area contributed by atoms with Crippen molar-refractivity contribution in [1.82, 2.24) is 9.97 Å². The van der Waals surface area contributed by atoms with Gasteiger partial charge in [-0.25, -0.2) is 9.37 Å². The number of aromatic nitrogens is 2. The molecule has 2 unspecified atom stereocenters. The number of amides is 1. The number of fused-ring (bicyclic) bond motifs is 1. The van der Waals surface area contributed by atoms with Crippen molar-refractivity contribution in [2.24, 2.45) is 5.92 Å². The van der Waals surface area contributed by atoms with Crippen LogP contribution in [-0.2, 0) is 4.79 Å². The number of nitrogens with one attached hydrogen (secondary N) is 2. The molecule has 1 saturated carbocycles. The molecule has 2 aromatic heterocycles. The van der Waals surface area contributed by atoms with E-state index >= 15 is 0 Å². The van der Waals surface area contributed by atoms with E-state index in [1.165, 1.54) is 18.0 Å². The second-order valence-corrected chi connectivity index (χ2v) is 8.33. The molecule has 2 aromatic carbocycles. The van der Waals surface area contributed by atoms with Crippen LogP contribution in [-0.4, -0.2) is 15.9 Å². The lowest BCUT2D eigenvalue weighted by atomic mass is 10.1. The van der Waals surface area contributed by atoms with Gasteiger partial charge in [0, 0.05) is 35.6 Å². The lowest BCUT2D eigenvalue weighted by Gasteiger charge is -2.09. The number of carbonyl (C=O) groups excluding carboxylic acids is 1. The zero-order valence-electron chi connectivity index (χ0n) is 20.5. The summed E-state index contributed by atoms with van der Waals surface area (Å²) in [5, 5.41) is 5.07. The molecule has 0 bridgehead atoms. The van der Waals surface area contributed by atoms with Crippen LogP contribution in [0.25, 0.3) is 10.8 Å². The smallest absolute Gasteiger partial charge is 0.228 e. The molecule has 2 heterocycles. The average Bonchev–Trinajstić information content (AvgIpc) is 3.72. The Morgan fingerprint density at radius 1 is 0.971 bits per heavy atom. The van der Waals surface area contributed by atoms with Gasteiger partial charge < -0.3 is 10.0 Å². The van der Waals surface area contributed by atoms with Gasteiger partial charge in [-0.2, -0.15) is 0 Å². The largest absolute Gasteiger partial charge is 0.326 e. The molecule has 0 aliphatic heterocycles. The van der Waals surface area contributed by atoms with Crippen molar-refractivity contribution < 1.29 is 9.18 Å². The summed E-state index contributed by atoms with van der Waals surface area (Å²) in [6.45, 7) is 8.00. The molecule has 5 nitrogen and oxygen atoms in total. The van der Waals surface area contributed by atoms with Gasteiger partial charge in [0.15, 0.2) is 0 Å². The van der Waals surface area contributed by atoms with Crippen LogP contribution in [0, 0.1) is 11.7 Å². The lowest BCUT2D eigenvalue weighted by Crippen LogP contribution is -2.14. The Kier molecular flexibility index (Phi) is 9.61. The second kappa shape index (κ2) is 12.9. The average molecular weight is 491 g/mol. The summed E-state index contributed by atoms with van der Waals surface area (Å²) in [6.07, 6.45) is 5.96. The van der Waals surface area contributed by atoms with Gasteiger partial charge in [-0.1, -0.05) is 45.9 Å². The number of hydrogen-bond acceptors (Lipinski definition) is 5. The van der Waals surface area contributed by atoms with E-state index in [-0.39, 0.29) is 23.6 Å². The minimum Gasteiger partial charge on any atom is -0.326 e. The normalized spacial score (nSPS) is 15.7. The lowest BCUT2D eigenvalue weighted by molar-refractivity contribution is -0.117. The van der Waals surface area contributed by atoms with Gasteiger partial charge in [0.1, 0.15) is 11.6 Å². The third-order valence-electron chi connectivity index (χ3n) is 5.35. The highest BCUT2D eigenvalue weighted by Crippen LogP contribution is 2.48. The molecular formula is C28H31FN4OS. The van der Waals surface area contributed by atoms with Crippen molar-refractivity contribution >= 4 is 40.1 Å². The summed E-state index contributed by atoms with van der Waals surface area (Å²) in [7, 11) is 0. The molecule has 0 saturated heterocycles. The Balaban J connectivity index is 0.000000815. The summed E-state index contributed by atoms with van der Waals surface area (Å²) in [4.78, 5) is 21.5. The van der Waals surface area contributed by atoms with Crippen LogP contribution in [0.15, 0.2) is 84.1 Å². The van der Waals surface area contributed by atoms with E-state index in [1.807, 2.05) is 76.2 Å². The quantitative estimate of drug-likeness (QED) is 0.271. The fourth-order valence-corrected chi connectivity index (χ4v) is 4.30. The van der Waals surface area contributed by atoms with Crippen LogP contribution < -0.4 is 10.0 Å². The van der Waals surface area contributed by atoms with Crippen molar-refractivity contribution in [3.63, 3.8) is 0 Å². The minimum absolute atomic E-state index is 0.0106. The molecule has 182 valence electrons. The first-order chi connectivity index (χ1) is 17.2. The summed E-state index contributed by atoms with van der Waals surface area (Å²) in [5.41, 5.74) is 1.74. The minimum atomic E-state index is -0.301. The molecule has 0 radical (unpaired) electrons. The molecule has 1 aliphatic rings. The van der Waals surface area contributed by atoms with Gasteiger partial charge >= 0.3 is 0 Å². The number of anilines is 2. The summed E-state index contributed by atoms with van der Waals surface area (Å²) < 4.78 is 17.3. The van der Waals surface area contributed by atoms with Crippen LogP contribution in [0.3, 0.4) is 0 Å². The van der Waals surface area contributed by atoms with Crippen LogP contribution in [0.5, 0.6) is 0 Å². The molecule has 1 amide bonds. The Morgan fingerprint density at radius 3 is 2.57 bits per heavy atom. The Morgan fingerprint density at radius 2 is 1.80 bits per heavy atom. The topological polar surface area (TPSA) is 66.9 Å². The van der Waals surface area contributed by atoms with Crippen LogP contribution in [0.1, 0.15) is 45.6 Å². The van der Waals surface area contributed by atoms with Gasteiger partial charge in [-0.15, -0.1) is 0 Å². The highest BCUT2D eigenvalue weighted by Gasteiger charge is 2.44. The van der Waals surface area contributed by atoms with Crippen molar-refractivity contribution in [3.05, 3.63) is 90.6 Å². The van der Waals surface area contributed by atoms with Gasteiger partial charge in [0.05, 0.1) is 4.90 Å². The van der Waals surface area contributed by atoms with E-state index < -0.39 is 0 Å². The monoisotopic (exact) mass is 490 g/mol. The zero-order valence-corrected chi connectivity index (χ0v) is 21.3. The van der Waals surface area contributed by atoms with Crippen molar-refractivity contribution in [1.29, 1.82) is 0 Å². The first-order valence-corrected chi connectivity index (χ1v) is 12.8. The highest BCUT2D eigenvalue weighted by atomic mass is 32.2. The highest BCUT2D eigenvalue weighted by molar-refractivity contribution is 8.00. The maximum atomic E-state index is 14.3. The molecule has 5 rings (SSSR count). The maximum Gasteiger partial charge on any atom is 0.228 e. The molecule has 1 aliphatic carbocycles. The number of hydrogen-bond donors (Lipinski definition) is 2. The molecule has 0 spiro atoms. The van der Waals surface area contributed by atoms with E-state index in [2.05, 4.69) is 20.0 Å². The predicted molar refractivity (Wildman–Crippen MR) is 144 cm³/mol. The number of carbonyl (C=O) groups is 1. The van der Waals surface area contributed by atoms with Gasteiger partial charge in [0.25, 0.3) is 0 Å². The molecule has 35 heavy (non-hydrogen) atoms. The number of benzene rings is 2. The van der Waals surface area contributed by atoms with E-state index in [4.69, 9.17) is 0 Å². The van der Waals surface area contributed by atoms with Crippen molar-refractivity contribution in [2.75, 3.05) is 10.0 Å². The van der Waals surface area contributed by atoms with E-state index in [9.17, 15) is 9.18 Å². The van der Waals surface area contributed by atoms with Gasteiger partial charge in [-0.05, 0) is 77.7 Å². The Labute approximate surface area is 210 Å². The fourth-order valence-electron chi connectivity index (χ4n) is 3.61. The number of rotatable bonds is 6. The standard InChI is InChI=1S/C24H19FN4OS.2C2H6/c25-21-7-5-16(12-22(21)31-29-23-3-1-2-9-27-23)19-13-20(19)24(30)28-18-6-4-17-14-26-10-8-15(17)11-18;2*1-2/h1-12,14,19-20H,13H2,(H,27,29)(H,28,30);2*1-2H3. The van der Waals surface area contributed by atoms with Crippen LogP contribution >= 0.6 is 11.9 Å². The van der Waals surface area contributed by atoms with Gasteiger partial charge in [-0.3, -0.25) is 9.78 Å². The first-order valence-electron chi connectivity index (χ1n) is 12.0. The molecular weight excluding hydrogens is 459 g/mol. The van der Waals surface area contributed by atoms with Crippen molar-refractivity contribution in [2.45, 2.75) is 44.9 Å². The van der Waals surface area contributed by atoms with E-state index in [0.29, 0.717) is 10.7 Å². The first kappa shape index (κ1) is 26.2. The molecule has 4 aromatic rings. The van der Waals surface area contributed by atoms with Gasteiger partial charge in [0.2, 0.25) is 5.91 Å². The Bertz CT molecular complexity index is 1250. The fraction of sp³-hybridized carbons (Fsp3) is 0.250. The number of halogens is 1.